The lowest BCUT2D eigenvalue weighted by Gasteiger charge is -2.04. The molecule has 3 aromatic heterocycles. The number of hydrogen-bond acceptors (Lipinski definition) is 4. The van der Waals surface area contributed by atoms with E-state index in [4.69, 9.17) is 0 Å². The number of aromatic nitrogens is 3. The first-order chi connectivity index (χ1) is 12.2. The summed E-state index contributed by atoms with van der Waals surface area (Å²) in [5.41, 5.74) is 1.95. The summed E-state index contributed by atoms with van der Waals surface area (Å²) in [4.78, 5) is 21.0. The number of amides is 1. The van der Waals surface area contributed by atoms with E-state index < -0.39 is 0 Å². The number of nitrogens with zero attached hydrogens (tertiary/aromatic N) is 3. The van der Waals surface area contributed by atoms with Gasteiger partial charge in [0.25, 0.3) is 5.91 Å². The van der Waals surface area contributed by atoms with Gasteiger partial charge < -0.3 is 4.57 Å². The zero-order chi connectivity index (χ0) is 17.2. The third kappa shape index (κ3) is 3.14. The number of benzene rings is 1. The molecular formula is C18H13FN4OS. The lowest BCUT2D eigenvalue weighted by atomic mass is 10.1. The number of hydrogen-bond donors (Lipinski definition) is 1. The van der Waals surface area contributed by atoms with Crippen LogP contribution in [-0.2, 0) is 6.54 Å². The molecule has 0 aliphatic carbocycles. The fraction of sp³-hybridized carbons (Fsp3) is 0.0556. The second-order valence-electron chi connectivity index (χ2n) is 5.44. The molecule has 3 heterocycles. The topological polar surface area (TPSA) is 59.8 Å². The summed E-state index contributed by atoms with van der Waals surface area (Å²) in [6, 6.07) is 10.0. The van der Waals surface area contributed by atoms with Crippen LogP contribution in [0.1, 0.15) is 16.1 Å². The van der Waals surface area contributed by atoms with Crippen molar-refractivity contribution in [2.75, 3.05) is 5.32 Å². The van der Waals surface area contributed by atoms with Gasteiger partial charge in [-0.3, -0.25) is 15.1 Å². The van der Waals surface area contributed by atoms with E-state index in [1.807, 2.05) is 22.8 Å². The van der Waals surface area contributed by atoms with Crippen molar-refractivity contribution in [3.63, 3.8) is 0 Å². The molecule has 0 aliphatic rings. The van der Waals surface area contributed by atoms with Gasteiger partial charge in [-0.05, 0) is 30.3 Å². The van der Waals surface area contributed by atoms with Crippen molar-refractivity contribution in [3.05, 3.63) is 77.4 Å². The lowest BCUT2D eigenvalue weighted by Crippen LogP contribution is -2.11. The smallest absolute Gasteiger partial charge is 0.259 e. The third-order valence-electron chi connectivity index (χ3n) is 3.80. The molecule has 5 nitrogen and oxygen atoms in total. The average Bonchev–Trinajstić information content (AvgIpc) is 3.24. The molecule has 0 atom stereocenters. The van der Waals surface area contributed by atoms with Crippen LogP contribution in [0.2, 0.25) is 0 Å². The largest absolute Gasteiger partial charge is 0.341 e. The lowest BCUT2D eigenvalue weighted by molar-refractivity contribution is 0.102. The van der Waals surface area contributed by atoms with Crippen molar-refractivity contribution >= 4 is 33.3 Å². The summed E-state index contributed by atoms with van der Waals surface area (Å²) < 4.78 is 15.6. The summed E-state index contributed by atoms with van der Waals surface area (Å²) in [7, 11) is 0. The highest BCUT2D eigenvalue weighted by atomic mass is 32.1. The van der Waals surface area contributed by atoms with E-state index in [1.165, 1.54) is 23.5 Å². The van der Waals surface area contributed by atoms with Gasteiger partial charge in [0.2, 0.25) is 0 Å². The molecule has 0 saturated heterocycles. The van der Waals surface area contributed by atoms with Gasteiger partial charge in [-0.1, -0.05) is 6.07 Å². The van der Waals surface area contributed by atoms with E-state index in [-0.39, 0.29) is 11.7 Å². The number of rotatable bonds is 4. The molecule has 0 unspecified atom stereocenters. The predicted octanol–water partition coefficient (Wildman–Crippen LogP) is 3.93. The van der Waals surface area contributed by atoms with Crippen LogP contribution >= 0.6 is 11.3 Å². The Bertz CT molecular complexity index is 1030. The van der Waals surface area contributed by atoms with E-state index in [0.717, 1.165) is 5.69 Å². The number of carbonyl (C=O) groups is 1. The number of nitrogens with one attached hydrogen (secondary N) is 1. The van der Waals surface area contributed by atoms with Crippen molar-refractivity contribution in [3.8, 4) is 0 Å². The molecule has 0 bridgehead atoms. The molecule has 0 fully saturated rings. The predicted molar refractivity (Wildman–Crippen MR) is 95.3 cm³/mol. The van der Waals surface area contributed by atoms with E-state index in [0.29, 0.717) is 28.1 Å². The maximum Gasteiger partial charge on any atom is 0.259 e. The molecule has 1 aromatic carbocycles. The van der Waals surface area contributed by atoms with Gasteiger partial charge in [0.05, 0.1) is 23.3 Å². The van der Waals surface area contributed by atoms with Crippen LogP contribution in [0.25, 0.3) is 10.9 Å². The van der Waals surface area contributed by atoms with Gasteiger partial charge in [0, 0.05) is 29.4 Å². The molecule has 0 aliphatic heterocycles. The molecule has 4 rings (SSSR count). The summed E-state index contributed by atoms with van der Waals surface area (Å²) in [5, 5.41) is 5.77. The van der Waals surface area contributed by atoms with E-state index in [2.05, 4.69) is 15.3 Å². The van der Waals surface area contributed by atoms with E-state index >= 15 is 0 Å². The molecular weight excluding hydrogens is 339 g/mol. The minimum atomic E-state index is -0.347. The first-order valence-electron chi connectivity index (χ1n) is 7.60. The van der Waals surface area contributed by atoms with Crippen LogP contribution in [0.5, 0.6) is 0 Å². The van der Waals surface area contributed by atoms with Crippen LogP contribution in [0.4, 0.5) is 9.52 Å². The Morgan fingerprint density at radius 2 is 2.12 bits per heavy atom. The fourth-order valence-electron chi connectivity index (χ4n) is 2.69. The van der Waals surface area contributed by atoms with Gasteiger partial charge in [0.15, 0.2) is 5.13 Å². The highest BCUT2D eigenvalue weighted by Gasteiger charge is 2.17. The Labute approximate surface area is 146 Å². The van der Waals surface area contributed by atoms with Crippen LogP contribution in [0.3, 0.4) is 0 Å². The number of carbonyl (C=O) groups excluding carboxylic acids is 1. The molecule has 0 spiro atoms. The number of thiazole rings is 1. The summed E-state index contributed by atoms with van der Waals surface area (Å²) in [5.74, 6) is -0.619. The van der Waals surface area contributed by atoms with Crippen LogP contribution in [0.15, 0.2) is 60.4 Å². The monoisotopic (exact) mass is 352 g/mol. The van der Waals surface area contributed by atoms with E-state index in [1.54, 1.807) is 30.0 Å². The Hall–Kier alpha value is -3.06. The molecule has 0 saturated carbocycles. The third-order valence-corrected chi connectivity index (χ3v) is 4.49. The van der Waals surface area contributed by atoms with Crippen LogP contribution in [-0.4, -0.2) is 20.4 Å². The minimum Gasteiger partial charge on any atom is -0.341 e. The zero-order valence-electron chi connectivity index (χ0n) is 13.0. The van der Waals surface area contributed by atoms with E-state index in [9.17, 15) is 9.18 Å². The summed E-state index contributed by atoms with van der Waals surface area (Å²) >= 11 is 1.34. The number of halogens is 1. The Morgan fingerprint density at radius 1 is 1.20 bits per heavy atom. The second-order valence-corrected chi connectivity index (χ2v) is 6.34. The van der Waals surface area contributed by atoms with Crippen molar-refractivity contribution in [2.45, 2.75) is 6.54 Å². The van der Waals surface area contributed by atoms with Crippen molar-refractivity contribution < 1.29 is 9.18 Å². The van der Waals surface area contributed by atoms with Crippen LogP contribution in [0, 0.1) is 5.82 Å². The fourth-order valence-corrected chi connectivity index (χ4v) is 3.22. The molecule has 1 N–H and O–H groups in total. The highest BCUT2D eigenvalue weighted by Crippen LogP contribution is 2.24. The molecule has 7 heteroatoms. The molecule has 0 radical (unpaired) electrons. The van der Waals surface area contributed by atoms with Crippen molar-refractivity contribution in [1.29, 1.82) is 0 Å². The van der Waals surface area contributed by atoms with Gasteiger partial charge in [-0.2, -0.15) is 0 Å². The number of fused-ring (bicyclic) bond motifs is 1. The Kier molecular flexibility index (Phi) is 3.99. The first-order valence-corrected chi connectivity index (χ1v) is 8.48. The number of pyridine rings is 1. The average molecular weight is 352 g/mol. The Morgan fingerprint density at radius 3 is 2.88 bits per heavy atom. The Balaban J connectivity index is 1.75. The summed E-state index contributed by atoms with van der Waals surface area (Å²) in [6.07, 6.45) is 5.05. The SMILES string of the molecule is O=C(Nc1nccs1)c1cn(Cc2ccccn2)c2cc(F)ccc12. The van der Waals surface area contributed by atoms with Crippen LogP contribution < -0.4 is 5.32 Å². The molecule has 124 valence electrons. The quantitative estimate of drug-likeness (QED) is 0.605. The van der Waals surface area contributed by atoms with Crippen molar-refractivity contribution in [1.82, 2.24) is 14.5 Å². The van der Waals surface area contributed by atoms with Crippen molar-refractivity contribution in [2.24, 2.45) is 0 Å². The number of anilines is 1. The zero-order valence-corrected chi connectivity index (χ0v) is 13.8. The highest BCUT2D eigenvalue weighted by molar-refractivity contribution is 7.13. The summed E-state index contributed by atoms with van der Waals surface area (Å²) in [6.45, 7) is 0.450. The molecule has 4 aromatic rings. The maximum atomic E-state index is 13.7. The molecule has 25 heavy (non-hydrogen) atoms. The maximum absolute atomic E-state index is 13.7. The first kappa shape index (κ1) is 15.5. The normalized spacial score (nSPS) is 10.9. The second kappa shape index (κ2) is 6.45. The van der Waals surface area contributed by atoms with Gasteiger partial charge in [0.1, 0.15) is 5.82 Å². The van der Waals surface area contributed by atoms with Gasteiger partial charge in [-0.25, -0.2) is 9.37 Å². The standard InChI is InChI=1S/C18H13FN4OS/c19-12-4-5-14-15(17(24)22-18-21-7-8-25-18)11-23(16(14)9-12)10-13-3-1-2-6-20-13/h1-9,11H,10H2,(H,21,22,24). The minimum absolute atomic E-state index is 0.272. The van der Waals surface area contributed by atoms with Gasteiger partial charge >= 0.3 is 0 Å². The molecule has 1 amide bonds. The van der Waals surface area contributed by atoms with Gasteiger partial charge in [-0.15, -0.1) is 11.3 Å².